The third-order valence-corrected chi connectivity index (χ3v) is 6.50. The number of hydrogen-bond acceptors (Lipinski definition) is 6. The highest BCUT2D eigenvalue weighted by Crippen LogP contribution is 2.36. The van der Waals surface area contributed by atoms with E-state index < -0.39 is 5.91 Å². The number of thioether (sulfide) groups is 1. The number of para-hydroxylation sites is 1. The van der Waals surface area contributed by atoms with Crippen molar-refractivity contribution in [2.24, 2.45) is 16.0 Å². The zero-order chi connectivity index (χ0) is 20.0. The Balaban J connectivity index is 1.51. The second kappa shape index (κ2) is 7.11. The van der Waals surface area contributed by atoms with E-state index in [1.54, 1.807) is 24.3 Å². The van der Waals surface area contributed by atoms with Gasteiger partial charge in [-0.05, 0) is 42.8 Å². The van der Waals surface area contributed by atoms with Crippen molar-refractivity contribution in [1.82, 2.24) is 5.01 Å². The monoisotopic (exact) mass is 406 g/mol. The molecule has 146 valence electrons. The quantitative estimate of drug-likeness (QED) is 0.760. The van der Waals surface area contributed by atoms with E-state index in [0.717, 1.165) is 17.9 Å². The number of carbonyl (C=O) groups is 1. The predicted octanol–water partition coefficient (Wildman–Crippen LogP) is 3.99. The molecular formula is C21H18N4O3S. The van der Waals surface area contributed by atoms with Gasteiger partial charge in [0.1, 0.15) is 16.9 Å². The van der Waals surface area contributed by atoms with Crippen molar-refractivity contribution < 1.29 is 9.21 Å². The van der Waals surface area contributed by atoms with Crippen LogP contribution in [0.3, 0.4) is 0 Å². The summed E-state index contributed by atoms with van der Waals surface area (Å²) in [5, 5.41) is 16.2. The minimum Gasteiger partial charge on any atom is -0.463 e. The molecule has 1 aromatic carbocycles. The number of amides is 1. The van der Waals surface area contributed by atoms with Crippen LogP contribution in [0.15, 0.2) is 55.4 Å². The molecule has 2 aromatic rings. The summed E-state index contributed by atoms with van der Waals surface area (Å²) in [6.45, 7) is 0. The van der Waals surface area contributed by atoms with Crippen molar-refractivity contribution in [3.05, 3.63) is 51.9 Å². The van der Waals surface area contributed by atoms with Gasteiger partial charge in [-0.25, -0.2) is 0 Å². The van der Waals surface area contributed by atoms with Crippen LogP contribution in [0.25, 0.3) is 17.0 Å². The number of nitrogens with one attached hydrogen (secondary N) is 1. The van der Waals surface area contributed by atoms with E-state index in [4.69, 9.17) is 9.83 Å². The lowest BCUT2D eigenvalue weighted by Crippen LogP contribution is -2.35. The van der Waals surface area contributed by atoms with E-state index in [2.05, 4.69) is 10.1 Å². The molecule has 1 N–H and O–H groups in total. The van der Waals surface area contributed by atoms with E-state index in [9.17, 15) is 9.59 Å². The molecule has 7 nitrogen and oxygen atoms in total. The van der Waals surface area contributed by atoms with Gasteiger partial charge in [-0.15, -0.1) is 0 Å². The molecule has 1 aromatic heterocycles. The average molecular weight is 406 g/mol. The van der Waals surface area contributed by atoms with Crippen LogP contribution >= 0.6 is 11.8 Å². The third-order valence-electron chi connectivity index (χ3n) is 5.43. The summed E-state index contributed by atoms with van der Waals surface area (Å²) in [7, 11) is 0. The van der Waals surface area contributed by atoms with Gasteiger partial charge in [-0.3, -0.25) is 15.0 Å². The molecule has 0 atom stereocenters. The molecule has 3 heterocycles. The lowest BCUT2D eigenvalue weighted by molar-refractivity contribution is -0.114. The highest BCUT2D eigenvalue weighted by atomic mass is 32.2. The summed E-state index contributed by atoms with van der Waals surface area (Å²) in [5.74, 6) is -0.239. The van der Waals surface area contributed by atoms with Gasteiger partial charge in [-0.1, -0.05) is 31.4 Å². The summed E-state index contributed by atoms with van der Waals surface area (Å²) in [4.78, 5) is 29.4. The van der Waals surface area contributed by atoms with Crippen LogP contribution in [0.5, 0.6) is 0 Å². The lowest BCUT2D eigenvalue weighted by atomic mass is 9.90. The summed E-state index contributed by atoms with van der Waals surface area (Å²) in [6.07, 6.45) is 8.44. The summed E-state index contributed by atoms with van der Waals surface area (Å²) < 4.78 is 5.51. The summed E-state index contributed by atoms with van der Waals surface area (Å²) in [5.41, 5.74) is 0.462. The normalized spacial score (nSPS) is 21.5. The molecular weight excluding hydrogens is 388 g/mol. The molecule has 2 aliphatic heterocycles. The fourth-order valence-electron chi connectivity index (χ4n) is 3.87. The van der Waals surface area contributed by atoms with E-state index in [1.165, 1.54) is 48.4 Å². The molecule has 1 fully saturated rings. The van der Waals surface area contributed by atoms with E-state index in [-0.39, 0.29) is 22.4 Å². The largest absolute Gasteiger partial charge is 0.463 e. The Morgan fingerprint density at radius 1 is 1.17 bits per heavy atom. The minimum atomic E-state index is -0.540. The van der Waals surface area contributed by atoms with Gasteiger partial charge in [0.25, 0.3) is 5.91 Å². The van der Waals surface area contributed by atoms with Gasteiger partial charge in [0.2, 0.25) is 5.17 Å². The standard InChI is InChI=1S/C21H18N4O3S/c22-18-15(10-13-11-28-16-9-5-4-8-14(16)17(13)26)19(27)23-21-25(18)24-20(29-21)12-6-2-1-3-7-12/h4-5,8-12,22H,1-3,6-7H2/b15-10-,22-18?. The molecule has 8 heteroatoms. The van der Waals surface area contributed by atoms with Crippen LogP contribution in [0, 0.1) is 11.3 Å². The fourth-order valence-corrected chi connectivity index (χ4v) is 4.93. The zero-order valence-corrected chi connectivity index (χ0v) is 16.4. The number of hydrogen-bond donors (Lipinski definition) is 1. The van der Waals surface area contributed by atoms with Crippen molar-refractivity contribution in [1.29, 1.82) is 5.41 Å². The van der Waals surface area contributed by atoms with Crippen molar-refractivity contribution >= 4 is 50.8 Å². The Morgan fingerprint density at radius 2 is 1.97 bits per heavy atom. The highest BCUT2D eigenvalue weighted by Gasteiger charge is 2.38. The molecule has 0 saturated heterocycles. The molecule has 0 radical (unpaired) electrons. The molecule has 0 bridgehead atoms. The summed E-state index contributed by atoms with van der Waals surface area (Å²) >= 11 is 1.38. The van der Waals surface area contributed by atoms with E-state index in [1.807, 2.05) is 0 Å². The first-order valence-corrected chi connectivity index (χ1v) is 10.4. The number of fused-ring (bicyclic) bond motifs is 2. The number of hydrazone groups is 1. The molecule has 0 unspecified atom stereocenters. The molecule has 3 aliphatic rings. The van der Waals surface area contributed by atoms with Crippen LogP contribution in [-0.4, -0.2) is 27.0 Å². The summed E-state index contributed by atoms with van der Waals surface area (Å²) in [6, 6.07) is 6.92. The zero-order valence-electron chi connectivity index (χ0n) is 15.6. The second-order valence-corrected chi connectivity index (χ2v) is 8.30. The Bertz CT molecular complexity index is 1190. The maximum absolute atomic E-state index is 12.7. The van der Waals surface area contributed by atoms with Crippen molar-refractivity contribution in [2.45, 2.75) is 32.1 Å². The highest BCUT2D eigenvalue weighted by molar-refractivity contribution is 8.27. The topological polar surface area (TPSA) is 99.1 Å². The van der Waals surface area contributed by atoms with Gasteiger partial charge < -0.3 is 4.42 Å². The van der Waals surface area contributed by atoms with E-state index in [0.29, 0.717) is 22.1 Å². The molecule has 29 heavy (non-hydrogen) atoms. The molecule has 1 saturated carbocycles. The first kappa shape index (κ1) is 18.1. The Hall–Kier alpha value is -3.00. The number of nitrogens with zero attached hydrogens (tertiary/aromatic N) is 3. The van der Waals surface area contributed by atoms with Gasteiger partial charge in [0.05, 0.1) is 16.5 Å². The van der Waals surface area contributed by atoms with Crippen molar-refractivity contribution in [3.8, 4) is 0 Å². The van der Waals surface area contributed by atoms with Gasteiger partial charge in [-0.2, -0.15) is 15.1 Å². The third kappa shape index (κ3) is 3.13. The number of amidine groups is 2. The van der Waals surface area contributed by atoms with E-state index >= 15 is 0 Å². The smallest absolute Gasteiger partial charge is 0.283 e. The van der Waals surface area contributed by atoms with Gasteiger partial charge in [0, 0.05) is 5.92 Å². The Kier molecular flexibility index (Phi) is 4.43. The van der Waals surface area contributed by atoms with Crippen molar-refractivity contribution in [2.75, 3.05) is 0 Å². The first-order chi connectivity index (χ1) is 14.1. The van der Waals surface area contributed by atoms with Crippen molar-refractivity contribution in [3.63, 3.8) is 0 Å². The number of aliphatic imine (C=N–C) groups is 1. The second-order valence-electron chi connectivity index (χ2n) is 7.31. The average Bonchev–Trinajstić information content (AvgIpc) is 3.17. The number of carbonyl (C=O) groups excluding carboxylic acids is 1. The van der Waals surface area contributed by atoms with Crippen LogP contribution < -0.4 is 5.43 Å². The fraction of sp³-hybridized carbons (Fsp3) is 0.286. The number of rotatable bonds is 2. The Labute approximate surface area is 170 Å². The van der Waals surface area contributed by atoms with Crippen LogP contribution in [0.2, 0.25) is 0 Å². The van der Waals surface area contributed by atoms with Crippen LogP contribution in [0.1, 0.15) is 37.7 Å². The molecule has 1 aliphatic carbocycles. The first-order valence-electron chi connectivity index (χ1n) is 9.62. The minimum absolute atomic E-state index is 0.0329. The maximum Gasteiger partial charge on any atom is 0.283 e. The molecule has 0 spiro atoms. The SMILES string of the molecule is N=C1/C(=C/c2coc3ccccc3c2=O)C(=O)N=C2SC(C3CCCCC3)=NN12. The van der Waals surface area contributed by atoms with Gasteiger partial charge >= 0.3 is 0 Å². The Morgan fingerprint density at radius 3 is 2.79 bits per heavy atom. The van der Waals surface area contributed by atoms with Crippen LogP contribution in [-0.2, 0) is 4.79 Å². The lowest BCUT2D eigenvalue weighted by Gasteiger charge is -2.20. The molecule has 1 amide bonds. The maximum atomic E-state index is 12.7. The molecule has 5 rings (SSSR count). The van der Waals surface area contributed by atoms with Crippen LogP contribution in [0.4, 0.5) is 0 Å². The number of benzene rings is 1. The predicted molar refractivity (Wildman–Crippen MR) is 114 cm³/mol. The van der Waals surface area contributed by atoms with Gasteiger partial charge in [0.15, 0.2) is 11.3 Å².